The van der Waals surface area contributed by atoms with E-state index >= 15 is 0 Å². The zero-order valence-corrected chi connectivity index (χ0v) is 11.8. The molecule has 5 heteroatoms. The Hall–Kier alpha value is -0.970. The minimum atomic E-state index is -0.282. The molecule has 96 valence electrons. The second kappa shape index (κ2) is 5.78. The van der Waals surface area contributed by atoms with Gasteiger partial charge in [0.25, 0.3) is 0 Å². The zero-order valence-electron chi connectivity index (χ0n) is 10.2. The van der Waals surface area contributed by atoms with Gasteiger partial charge in [-0.3, -0.25) is 0 Å². The van der Waals surface area contributed by atoms with E-state index in [1.807, 2.05) is 19.4 Å². The lowest BCUT2D eigenvalue weighted by atomic mass is 10.0. The van der Waals surface area contributed by atoms with E-state index in [1.54, 1.807) is 23.5 Å². The molecular weight excluding hydrogens is 271 g/mol. The van der Waals surface area contributed by atoms with Crippen LogP contribution in [0.25, 0.3) is 0 Å². The SMILES string of the molecule is CNC(Cc1nc(C)cs1)c1ccc(Cl)cc1F. The summed E-state index contributed by atoms with van der Waals surface area (Å²) >= 11 is 7.35. The van der Waals surface area contributed by atoms with E-state index in [-0.39, 0.29) is 11.9 Å². The molecule has 1 N–H and O–H groups in total. The average molecular weight is 285 g/mol. The van der Waals surface area contributed by atoms with Crippen LogP contribution in [0.15, 0.2) is 23.6 Å². The van der Waals surface area contributed by atoms with Crippen LogP contribution in [0.4, 0.5) is 4.39 Å². The van der Waals surface area contributed by atoms with Crippen LogP contribution < -0.4 is 5.32 Å². The van der Waals surface area contributed by atoms with Crippen molar-refractivity contribution in [2.24, 2.45) is 0 Å². The molecule has 1 unspecified atom stereocenters. The highest BCUT2D eigenvalue weighted by Crippen LogP contribution is 2.24. The Labute approximate surface area is 115 Å². The van der Waals surface area contributed by atoms with Crippen LogP contribution in [0.5, 0.6) is 0 Å². The topological polar surface area (TPSA) is 24.9 Å². The second-order valence-corrected chi connectivity index (χ2v) is 5.47. The van der Waals surface area contributed by atoms with Crippen LogP contribution in [0, 0.1) is 12.7 Å². The Kier molecular flexibility index (Phi) is 4.32. The molecule has 0 amide bonds. The van der Waals surface area contributed by atoms with Gasteiger partial charge in [0.2, 0.25) is 0 Å². The van der Waals surface area contributed by atoms with Gasteiger partial charge in [-0.25, -0.2) is 9.37 Å². The van der Waals surface area contributed by atoms with E-state index in [4.69, 9.17) is 11.6 Å². The first kappa shape index (κ1) is 13.5. The van der Waals surface area contributed by atoms with Gasteiger partial charge in [-0.15, -0.1) is 11.3 Å². The summed E-state index contributed by atoms with van der Waals surface area (Å²) in [5, 5.41) is 6.53. The van der Waals surface area contributed by atoms with Crippen LogP contribution >= 0.6 is 22.9 Å². The maximum atomic E-state index is 13.9. The van der Waals surface area contributed by atoms with E-state index < -0.39 is 0 Å². The number of rotatable bonds is 4. The fourth-order valence-electron chi connectivity index (χ4n) is 1.82. The largest absolute Gasteiger partial charge is 0.313 e. The van der Waals surface area contributed by atoms with Crippen molar-refractivity contribution in [2.75, 3.05) is 7.05 Å². The molecule has 0 aliphatic rings. The number of halogens is 2. The van der Waals surface area contributed by atoms with Crippen molar-refractivity contribution in [1.82, 2.24) is 10.3 Å². The number of hydrogen-bond acceptors (Lipinski definition) is 3. The molecule has 0 aliphatic heterocycles. The maximum absolute atomic E-state index is 13.9. The quantitative estimate of drug-likeness (QED) is 0.925. The van der Waals surface area contributed by atoms with E-state index in [0.29, 0.717) is 17.0 Å². The summed E-state index contributed by atoms with van der Waals surface area (Å²) < 4.78 is 13.9. The first-order chi connectivity index (χ1) is 8.60. The number of benzene rings is 1. The van der Waals surface area contributed by atoms with Crippen molar-refractivity contribution < 1.29 is 4.39 Å². The van der Waals surface area contributed by atoms with Gasteiger partial charge < -0.3 is 5.32 Å². The van der Waals surface area contributed by atoms with E-state index in [1.165, 1.54) is 6.07 Å². The normalized spacial score (nSPS) is 12.7. The molecule has 2 aromatic rings. The summed E-state index contributed by atoms with van der Waals surface area (Å²) in [6.07, 6.45) is 0.674. The molecule has 1 atom stereocenters. The Balaban J connectivity index is 2.22. The van der Waals surface area contributed by atoms with Crippen LogP contribution in [0.1, 0.15) is 22.3 Å². The third-order valence-electron chi connectivity index (χ3n) is 2.73. The summed E-state index contributed by atoms with van der Waals surface area (Å²) in [6, 6.07) is 4.68. The molecular formula is C13H14ClFN2S. The molecule has 0 fully saturated rings. The lowest BCUT2D eigenvalue weighted by molar-refractivity contribution is 0.533. The summed E-state index contributed by atoms with van der Waals surface area (Å²) in [7, 11) is 1.82. The van der Waals surface area contributed by atoms with Crippen molar-refractivity contribution in [1.29, 1.82) is 0 Å². The summed E-state index contributed by atoms with van der Waals surface area (Å²) in [5.41, 5.74) is 1.62. The van der Waals surface area contributed by atoms with E-state index in [9.17, 15) is 4.39 Å². The maximum Gasteiger partial charge on any atom is 0.129 e. The van der Waals surface area contributed by atoms with Gasteiger partial charge in [-0.05, 0) is 26.1 Å². The zero-order chi connectivity index (χ0) is 13.1. The monoisotopic (exact) mass is 284 g/mol. The third kappa shape index (κ3) is 3.07. The van der Waals surface area contributed by atoms with Crippen LogP contribution in [-0.2, 0) is 6.42 Å². The number of nitrogens with one attached hydrogen (secondary N) is 1. The Bertz CT molecular complexity index is 542. The molecule has 2 nitrogen and oxygen atoms in total. The molecule has 18 heavy (non-hydrogen) atoms. The molecule has 1 heterocycles. The molecule has 0 saturated carbocycles. The number of aryl methyl sites for hydroxylation is 1. The van der Waals surface area contributed by atoms with Crippen molar-refractivity contribution >= 4 is 22.9 Å². The Morgan fingerprint density at radius 1 is 1.50 bits per heavy atom. The molecule has 2 rings (SSSR count). The van der Waals surface area contributed by atoms with Crippen LogP contribution in [0.2, 0.25) is 5.02 Å². The first-order valence-electron chi connectivity index (χ1n) is 5.63. The highest BCUT2D eigenvalue weighted by atomic mass is 35.5. The Morgan fingerprint density at radius 3 is 2.83 bits per heavy atom. The third-order valence-corrected chi connectivity index (χ3v) is 3.96. The highest BCUT2D eigenvalue weighted by molar-refractivity contribution is 7.09. The predicted octanol–water partition coefficient (Wildman–Crippen LogP) is 3.75. The van der Waals surface area contributed by atoms with Crippen molar-refractivity contribution in [3.8, 4) is 0 Å². The lowest BCUT2D eigenvalue weighted by Crippen LogP contribution is -2.20. The van der Waals surface area contributed by atoms with Gasteiger partial charge in [-0.2, -0.15) is 0 Å². The number of likely N-dealkylation sites (N-methyl/N-ethyl adjacent to an activating group) is 1. The number of thiazole rings is 1. The minimum Gasteiger partial charge on any atom is -0.313 e. The molecule has 0 aliphatic carbocycles. The molecule has 0 radical (unpaired) electrons. The van der Waals surface area contributed by atoms with Crippen molar-refractivity contribution in [3.05, 3.63) is 50.7 Å². The van der Waals surface area contributed by atoms with Gasteiger partial charge in [0.15, 0.2) is 0 Å². The minimum absolute atomic E-state index is 0.0900. The van der Waals surface area contributed by atoms with E-state index in [0.717, 1.165) is 10.7 Å². The van der Waals surface area contributed by atoms with Crippen molar-refractivity contribution in [2.45, 2.75) is 19.4 Å². The first-order valence-corrected chi connectivity index (χ1v) is 6.89. The summed E-state index contributed by atoms with van der Waals surface area (Å²) in [6.45, 7) is 1.96. The molecule has 0 spiro atoms. The fraction of sp³-hybridized carbons (Fsp3) is 0.308. The lowest BCUT2D eigenvalue weighted by Gasteiger charge is -2.16. The molecule has 0 bridgehead atoms. The van der Waals surface area contributed by atoms with E-state index in [2.05, 4.69) is 10.3 Å². The smallest absolute Gasteiger partial charge is 0.129 e. The summed E-state index contributed by atoms with van der Waals surface area (Å²) in [5.74, 6) is -0.282. The standard InChI is InChI=1S/C13H14ClFN2S/c1-8-7-18-13(17-8)6-12(16-2)10-4-3-9(14)5-11(10)15/h3-5,7,12,16H,6H2,1-2H3. The number of hydrogen-bond donors (Lipinski definition) is 1. The molecule has 0 saturated heterocycles. The van der Waals surface area contributed by atoms with Gasteiger partial charge in [0.05, 0.1) is 5.01 Å². The second-order valence-electron chi connectivity index (χ2n) is 4.09. The van der Waals surface area contributed by atoms with Crippen LogP contribution in [0.3, 0.4) is 0 Å². The average Bonchev–Trinajstić information content (AvgIpc) is 2.72. The van der Waals surface area contributed by atoms with Gasteiger partial charge in [0, 0.05) is 34.1 Å². The molecule has 1 aromatic heterocycles. The fourth-order valence-corrected chi connectivity index (χ4v) is 2.80. The number of nitrogens with zero attached hydrogens (tertiary/aromatic N) is 1. The van der Waals surface area contributed by atoms with Gasteiger partial charge in [-0.1, -0.05) is 17.7 Å². The highest BCUT2D eigenvalue weighted by Gasteiger charge is 2.16. The van der Waals surface area contributed by atoms with Crippen LogP contribution in [-0.4, -0.2) is 12.0 Å². The summed E-state index contributed by atoms with van der Waals surface area (Å²) in [4.78, 5) is 4.40. The van der Waals surface area contributed by atoms with Gasteiger partial charge >= 0.3 is 0 Å². The van der Waals surface area contributed by atoms with Crippen molar-refractivity contribution in [3.63, 3.8) is 0 Å². The number of aromatic nitrogens is 1. The predicted molar refractivity (Wildman–Crippen MR) is 73.8 cm³/mol. The van der Waals surface area contributed by atoms with Gasteiger partial charge in [0.1, 0.15) is 5.82 Å². The molecule has 1 aromatic carbocycles. The Morgan fingerprint density at radius 2 is 2.28 bits per heavy atom.